The number of hydrogen-bond donors (Lipinski definition) is 0. The molecule has 2 heterocycles. The summed E-state index contributed by atoms with van der Waals surface area (Å²) in [5.74, 6) is -0.455. The molecule has 1 fully saturated rings. The van der Waals surface area contributed by atoms with Crippen molar-refractivity contribution in [3.63, 3.8) is 0 Å². The van der Waals surface area contributed by atoms with Crippen molar-refractivity contribution in [3.8, 4) is 0 Å². The summed E-state index contributed by atoms with van der Waals surface area (Å²) in [6.45, 7) is 1.61. The lowest BCUT2D eigenvalue weighted by Gasteiger charge is -2.21. The van der Waals surface area contributed by atoms with E-state index in [1.54, 1.807) is 25.1 Å². The zero-order chi connectivity index (χ0) is 21.7. The third-order valence-electron chi connectivity index (χ3n) is 5.47. The maximum absolute atomic E-state index is 14.1. The standard InChI is InChI=1S/C23H17BrFN3O3/c1-12-6-7-14(10-17(12)25)23(30)28-18-5-3-2-4-15(18)20(24)16(11-19(28)29)22-27-26-21(31-22)13-8-9-13/h2-7,10,13H,8-9,11H2,1H3. The predicted octanol–water partition coefficient (Wildman–Crippen LogP) is 5.23. The highest BCUT2D eigenvalue weighted by molar-refractivity contribution is 9.15. The third-order valence-corrected chi connectivity index (χ3v) is 6.38. The van der Waals surface area contributed by atoms with Crippen molar-refractivity contribution in [2.45, 2.75) is 32.1 Å². The number of nitrogens with zero attached hydrogens (tertiary/aromatic N) is 3. The summed E-state index contributed by atoms with van der Waals surface area (Å²) in [6, 6.07) is 11.2. The maximum atomic E-state index is 14.1. The van der Waals surface area contributed by atoms with Gasteiger partial charge in [0, 0.05) is 27.1 Å². The lowest BCUT2D eigenvalue weighted by molar-refractivity contribution is -0.117. The van der Waals surface area contributed by atoms with Gasteiger partial charge in [0.2, 0.25) is 17.7 Å². The summed E-state index contributed by atoms with van der Waals surface area (Å²) in [6.07, 6.45) is 1.90. The Bertz CT molecular complexity index is 1260. The number of imide groups is 1. The summed E-state index contributed by atoms with van der Waals surface area (Å²) in [7, 11) is 0. The minimum Gasteiger partial charge on any atom is -0.421 e. The van der Waals surface area contributed by atoms with Crippen LogP contribution in [0, 0.1) is 12.7 Å². The van der Waals surface area contributed by atoms with Crippen LogP contribution < -0.4 is 4.90 Å². The van der Waals surface area contributed by atoms with Crippen molar-refractivity contribution in [2.24, 2.45) is 0 Å². The van der Waals surface area contributed by atoms with Crippen LogP contribution in [-0.2, 0) is 4.79 Å². The van der Waals surface area contributed by atoms with Crippen molar-refractivity contribution < 1.29 is 18.4 Å². The number of aromatic nitrogens is 2. The molecule has 0 unspecified atom stereocenters. The largest absolute Gasteiger partial charge is 0.421 e. The monoisotopic (exact) mass is 481 g/mol. The average Bonchev–Trinajstić information content (AvgIpc) is 3.52. The van der Waals surface area contributed by atoms with Crippen LogP contribution in [0.1, 0.15) is 58.4 Å². The number of halogens is 2. The van der Waals surface area contributed by atoms with Crippen LogP contribution >= 0.6 is 15.9 Å². The molecule has 1 aromatic heterocycles. The van der Waals surface area contributed by atoms with E-state index in [1.165, 1.54) is 12.1 Å². The zero-order valence-corrected chi connectivity index (χ0v) is 18.1. The fourth-order valence-corrected chi connectivity index (χ4v) is 4.20. The number of fused-ring (bicyclic) bond motifs is 1. The van der Waals surface area contributed by atoms with E-state index >= 15 is 0 Å². The molecule has 6 nitrogen and oxygen atoms in total. The lowest BCUT2D eigenvalue weighted by atomic mass is 10.1. The first-order valence-corrected chi connectivity index (χ1v) is 10.7. The second-order valence-corrected chi connectivity index (χ2v) is 8.50. The number of hydrogen-bond acceptors (Lipinski definition) is 5. The van der Waals surface area contributed by atoms with Crippen LogP contribution in [0.3, 0.4) is 0 Å². The molecule has 156 valence electrons. The first-order valence-electron chi connectivity index (χ1n) is 9.89. The molecule has 0 spiro atoms. The second-order valence-electron chi connectivity index (χ2n) is 7.70. The molecular formula is C23H17BrFN3O3. The molecule has 1 saturated carbocycles. The van der Waals surface area contributed by atoms with Gasteiger partial charge in [-0.2, -0.15) is 0 Å². The number of anilines is 1. The number of carbonyl (C=O) groups excluding carboxylic acids is 2. The van der Waals surface area contributed by atoms with E-state index in [0.717, 1.165) is 23.8 Å². The summed E-state index contributed by atoms with van der Waals surface area (Å²) < 4.78 is 20.5. The minimum atomic E-state index is -0.595. The quantitative estimate of drug-likeness (QED) is 0.478. The van der Waals surface area contributed by atoms with Crippen LogP contribution in [0.4, 0.5) is 10.1 Å². The number of benzene rings is 2. The van der Waals surface area contributed by atoms with E-state index in [-0.39, 0.29) is 23.8 Å². The summed E-state index contributed by atoms with van der Waals surface area (Å²) in [5, 5.41) is 8.25. The fourth-order valence-electron chi connectivity index (χ4n) is 3.56. The van der Waals surface area contributed by atoms with Gasteiger partial charge in [-0.25, -0.2) is 9.29 Å². The average molecular weight is 482 g/mol. The highest BCUT2D eigenvalue weighted by Crippen LogP contribution is 2.44. The van der Waals surface area contributed by atoms with Crippen molar-refractivity contribution in [3.05, 3.63) is 76.8 Å². The van der Waals surface area contributed by atoms with E-state index in [9.17, 15) is 14.0 Å². The number of carbonyl (C=O) groups is 2. The highest BCUT2D eigenvalue weighted by Gasteiger charge is 2.35. The molecule has 0 saturated heterocycles. The minimum absolute atomic E-state index is 0.0969. The molecule has 1 aliphatic carbocycles. The molecular weight excluding hydrogens is 465 g/mol. The van der Waals surface area contributed by atoms with Crippen LogP contribution in [0.15, 0.2) is 46.9 Å². The zero-order valence-electron chi connectivity index (χ0n) is 16.6. The van der Waals surface area contributed by atoms with Gasteiger partial charge in [0.05, 0.1) is 12.1 Å². The Kier molecular flexibility index (Phi) is 4.81. The van der Waals surface area contributed by atoms with Gasteiger partial charge < -0.3 is 4.42 Å². The Labute approximate surface area is 185 Å². The Morgan fingerprint density at radius 2 is 1.97 bits per heavy atom. The molecule has 1 aliphatic heterocycles. The molecule has 2 aromatic carbocycles. The first kappa shape index (κ1) is 19.8. The van der Waals surface area contributed by atoms with Crippen molar-refractivity contribution in [2.75, 3.05) is 4.90 Å². The van der Waals surface area contributed by atoms with Crippen LogP contribution in [0.25, 0.3) is 10.1 Å². The Morgan fingerprint density at radius 3 is 2.71 bits per heavy atom. The summed E-state index contributed by atoms with van der Waals surface area (Å²) >= 11 is 3.59. The van der Waals surface area contributed by atoms with Crippen LogP contribution in [-0.4, -0.2) is 22.0 Å². The van der Waals surface area contributed by atoms with Crippen LogP contribution in [0.2, 0.25) is 0 Å². The van der Waals surface area contributed by atoms with E-state index in [0.29, 0.717) is 32.8 Å². The van der Waals surface area contributed by atoms with Crippen molar-refractivity contribution in [1.82, 2.24) is 10.2 Å². The Morgan fingerprint density at radius 1 is 1.19 bits per heavy atom. The second kappa shape index (κ2) is 7.53. The molecule has 3 aromatic rings. The van der Waals surface area contributed by atoms with Crippen molar-refractivity contribution >= 4 is 43.5 Å². The van der Waals surface area contributed by atoms with E-state index < -0.39 is 17.6 Å². The van der Waals surface area contributed by atoms with Gasteiger partial charge in [-0.1, -0.05) is 24.3 Å². The SMILES string of the molecule is Cc1ccc(C(=O)N2C(=O)CC(c3nnc(C4CC4)o3)=C(Br)c3ccccc32)cc1F. The molecule has 8 heteroatoms. The number of amides is 2. The highest BCUT2D eigenvalue weighted by atomic mass is 79.9. The summed E-state index contributed by atoms with van der Waals surface area (Å²) in [4.78, 5) is 27.7. The van der Waals surface area contributed by atoms with Gasteiger partial charge in [-0.15, -0.1) is 10.2 Å². The number of para-hydroxylation sites is 1. The van der Waals surface area contributed by atoms with E-state index in [2.05, 4.69) is 26.1 Å². The number of aryl methyl sites for hydroxylation is 1. The maximum Gasteiger partial charge on any atom is 0.265 e. The Hall–Kier alpha value is -3.13. The van der Waals surface area contributed by atoms with E-state index in [1.807, 2.05) is 6.07 Å². The molecule has 0 N–H and O–H groups in total. The smallest absolute Gasteiger partial charge is 0.265 e. The Balaban J connectivity index is 1.59. The van der Waals surface area contributed by atoms with Gasteiger partial charge in [-0.3, -0.25) is 9.59 Å². The van der Waals surface area contributed by atoms with Gasteiger partial charge in [0.25, 0.3) is 5.91 Å². The molecule has 2 aliphatic rings. The molecule has 31 heavy (non-hydrogen) atoms. The van der Waals surface area contributed by atoms with Gasteiger partial charge in [-0.05, 0) is 59.5 Å². The van der Waals surface area contributed by atoms with Gasteiger partial charge in [0.1, 0.15) is 5.82 Å². The van der Waals surface area contributed by atoms with Crippen LogP contribution in [0.5, 0.6) is 0 Å². The molecule has 2 amide bonds. The first-order chi connectivity index (χ1) is 14.9. The molecule has 0 bridgehead atoms. The topological polar surface area (TPSA) is 76.3 Å². The molecule has 0 radical (unpaired) electrons. The number of rotatable bonds is 3. The third kappa shape index (κ3) is 3.50. The van der Waals surface area contributed by atoms with Gasteiger partial charge >= 0.3 is 0 Å². The van der Waals surface area contributed by atoms with Crippen molar-refractivity contribution in [1.29, 1.82) is 0 Å². The fraction of sp³-hybridized carbons (Fsp3) is 0.217. The molecule has 5 rings (SSSR count). The lowest BCUT2D eigenvalue weighted by Crippen LogP contribution is -2.37. The van der Waals surface area contributed by atoms with Gasteiger partial charge in [0.15, 0.2) is 0 Å². The predicted molar refractivity (Wildman–Crippen MR) is 116 cm³/mol. The normalized spacial score (nSPS) is 16.4. The molecule has 0 atom stereocenters. The summed E-state index contributed by atoms with van der Waals surface area (Å²) in [5.41, 5.74) is 2.08. The van der Waals surface area contributed by atoms with E-state index in [4.69, 9.17) is 4.42 Å².